The zero-order chi connectivity index (χ0) is 11.6. The van der Waals surface area contributed by atoms with E-state index in [0.717, 1.165) is 6.54 Å². The summed E-state index contributed by atoms with van der Waals surface area (Å²) in [6.07, 6.45) is 2.96. The Morgan fingerprint density at radius 3 is 2.60 bits per heavy atom. The van der Waals surface area contributed by atoms with Gasteiger partial charge in [-0.3, -0.25) is 0 Å². The Balaban J connectivity index is 2.90. The van der Waals surface area contributed by atoms with Gasteiger partial charge in [0.2, 0.25) is 6.33 Å². The van der Waals surface area contributed by atoms with Crippen LogP contribution >= 0.6 is 0 Å². The number of nitro groups is 1. The highest BCUT2D eigenvalue weighted by Crippen LogP contribution is 2.18. The second kappa shape index (κ2) is 3.98. The molecule has 0 aromatic carbocycles. The van der Waals surface area contributed by atoms with Crippen LogP contribution < -0.4 is 0 Å². The molecule has 0 spiro atoms. The molecular weight excluding hydrogens is 196 g/mol. The van der Waals surface area contributed by atoms with Crippen LogP contribution in [0.15, 0.2) is 12.5 Å². The summed E-state index contributed by atoms with van der Waals surface area (Å²) in [7, 11) is 3.93. The van der Waals surface area contributed by atoms with Gasteiger partial charge in [0.1, 0.15) is 6.20 Å². The zero-order valence-corrected chi connectivity index (χ0v) is 9.47. The van der Waals surface area contributed by atoms with Crippen LogP contribution in [0.4, 0.5) is 5.82 Å². The average Bonchev–Trinajstić information content (AvgIpc) is 2.48. The van der Waals surface area contributed by atoms with E-state index >= 15 is 0 Å². The van der Waals surface area contributed by atoms with Gasteiger partial charge < -0.3 is 19.6 Å². The first-order valence-electron chi connectivity index (χ1n) is 4.66. The summed E-state index contributed by atoms with van der Waals surface area (Å²) in [5, 5.41) is 10.5. The van der Waals surface area contributed by atoms with Crippen LogP contribution in [0.25, 0.3) is 0 Å². The highest BCUT2D eigenvalue weighted by molar-refractivity contribution is 5.14. The minimum absolute atomic E-state index is 0.109. The molecule has 0 bridgehead atoms. The number of aromatic nitrogens is 2. The number of rotatable bonds is 4. The Morgan fingerprint density at radius 2 is 2.20 bits per heavy atom. The first-order chi connectivity index (χ1) is 6.83. The summed E-state index contributed by atoms with van der Waals surface area (Å²) >= 11 is 0. The second-order valence-corrected chi connectivity index (χ2v) is 4.45. The van der Waals surface area contributed by atoms with Gasteiger partial charge in [-0.15, -0.1) is 0 Å². The molecule has 0 fully saturated rings. The first kappa shape index (κ1) is 11.6. The summed E-state index contributed by atoms with van der Waals surface area (Å²) in [6, 6.07) is 0. The van der Waals surface area contributed by atoms with Gasteiger partial charge in [-0.25, -0.2) is 0 Å². The maximum Gasteiger partial charge on any atom is 0.381 e. The van der Waals surface area contributed by atoms with E-state index in [0.29, 0.717) is 0 Å². The lowest BCUT2D eigenvalue weighted by Gasteiger charge is -2.28. The monoisotopic (exact) mass is 212 g/mol. The minimum Gasteiger partial charge on any atom is -0.358 e. The molecule has 0 radical (unpaired) electrons. The van der Waals surface area contributed by atoms with E-state index in [4.69, 9.17) is 0 Å². The molecule has 1 aromatic rings. The fourth-order valence-corrected chi connectivity index (χ4v) is 1.59. The topological polar surface area (TPSA) is 64.2 Å². The Hall–Kier alpha value is -1.43. The van der Waals surface area contributed by atoms with E-state index in [2.05, 4.69) is 4.98 Å². The zero-order valence-electron chi connectivity index (χ0n) is 9.47. The fraction of sp³-hybridized carbons (Fsp3) is 0.667. The first-order valence-corrected chi connectivity index (χ1v) is 4.66. The van der Waals surface area contributed by atoms with Crippen molar-refractivity contribution in [1.29, 1.82) is 0 Å². The van der Waals surface area contributed by atoms with Crippen molar-refractivity contribution >= 4 is 5.82 Å². The van der Waals surface area contributed by atoms with E-state index in [1.807, 2.05) is 32.8 Å². The summed E-state index contributed by atoms with van der Waals surface area (Å²) in [6.45, 7) is 4.82. The van der Waals surface area contributed by atoms with Crippen molar-refractivity contribution in [3.63, 3.8) is 0 Å². The maximum atomic E-state index is 10.5. The molecule has 84 valence electrons. The van der Waals surface area contributed by atoms with Crippen LogP contribution in [0.1, 0.15) is 13.8 Å². The lowest BCUT2D eigenvalue weighted by molar-refractivity contribution is -0.389. The van der Waals surface area contributed by atoms with Crippen LogP contribution in [0.2, 0.25) is 0 Å². The highest BCUT2D eigenvalue weighted by atomic mass is 16.6. The molecule has 15 heavy (non-hydrogen) atoms. The smallest absolute Gasteiger partial charge is 0.358 e. The maximum absolute atomic E-state index is 10.5. The van der Waals surface area contributed by atoms with Crippen LogP contribution in [0.5, 0.6) is 0 Å². The molecule has 1 aromatic heterocycles. The third kappa shape index (κ3) is 2.76. The lowest BCUT2D eigenvalue weighted by atomic mass is 10.1. The molecule has 0 aliphatic heterocycles. The molecule has 6 heteroatoms. The van der Waals surface area contributed by atoms with Gasteiger partial charge in [-0.1, -0.05) is 0 Å². The Bertz CT molecular complexity index is 357. The molecule has 0 aliphatic rings. The fourth-order valence-electron chi connectivity index (χ4n) is 1.59. The van der Waals surface area contributed by atoms with E-state index in [1.54, 1.807) is 4.57 Å². The molecule has 0 amide bonds. The van der Waals surface area contributed by atoms with Gasteiger partial charge in [-0.2, -0.15) is 0 Å². The predicted molar refractivity (Wildman–Crippen MR) is 56.8 cm³/mol. The molecule has 0 saturated heterocycles. The molecule has 0 unspecified atom stereocenters. The summed E-state index contributed by atoms with van der Waals surface area (Å²) in [4.78, 5) is 15.8. The van der Waals surface area contributed by atoms with Crippen molar-refractivity contribution in [3.05, 3.63) is 22.6 Å². The van der Waals surface area contributed by atoms with Crippen molar-refractivity contribution in [1.82, 2.24) is 14.5 Å². The molecule has 6 nitrogen and oxygen atoms in total. The van der Waals surface area contributed by atoms with Gasteiger partial charge in [0.25, 0.3) is 0 Å². The minimum atomic E-state index is -0.484. The molecule has 0 atom stereocenters. The number of nitrogens with zero attached hydrogens (tertiary/aromatic N) is 4. The summed E-state index contributed by atoms with van der Waals surface area (Å²) in [5.74, 6) is -0.109. The molecule has 0 saturated carbocycles. The number of hydrogen-bond acceptors (Lipinski definition) is 4. The van der Waals surface area contributed by atoms with Gasteiger partial charge in [0.05, 0.1) is 5.54 Å². The van der Waals surface area contributed by atoms with Crippen LogP contribution in [-0.2, 0) is 5.54 Å². The van der Waals surface area contributed by atoms with E-state index in [-0.39, 0.29) is 11.4 Å². The molecular formula is C9H16N4O2. The Labute approximate surface area is 88.7 Å². The normalized spacial score (nSPS) is 12.1. The van der Waals surface area contributed by atoms with Gasteiger partial charge in [-0.05, 0) is 37.9 Å². The van der Waals surface area contributed by atoms with Crippen LogP contribution in [0, 0.1) is 10.1 Å². The van der Waals surface area contributed by atoms with Crippen LogP contribution in [0.3, 0.4) is 0 Å². The highest BCUT2D eigenvalue weighted by Gasteiger charge is 2.24. The largest absolute Gasteiger partial charge is 0.381 e. The number of imidazole rings is 1. The van der Waals surface area contributed by atoms with Crippen LogP contribution in [-0.4, -0.2) is 40.0 Å². The molecule has 0 N–H and O–H groups in total. The van der Waals surface area contributed by atoms with Crippen molar-refractivity contribution in [2.24, 2.45) is 0 Å². The molecule has 0 aliphatic carbocycles. The van der Waals surface area contributed by atoms with E-state index in [9.17, 15) is 10.1 Å². The van der Waals surface area contributed by atoms with E-state index < -0.39 is 4.92 Å². The van der Waals surface area contributed by atoms with Crippen molar-refractivity contribution in [2.75, 3.05) is 20.6 Å². The molecule has 1 rings (SSSR count). The standard InChI is InChI=1S/C9H16N4O2/c1-9(2,6-11(3)4)12-5-8(10-7-12)13(14)15/h5,7H,6H2,1-4H3. The quantitative estimate of drug-likeness (QED) is 0.553. The summed E-state index contributed by atoms with van der Waals surface area (Å²) < 4.78 is 1.77. The van der Waals surface area contributed by atoms with Gasteiger partial charge >= 0.3 is 5.82 Å². The number of hydrogen-bond donors (Lipinski definition) is 0. The Morgan fingerprint density at radius 1 is 1.60 bits per heavy atom. The molecule has 1 heterocycles. The SMILES string of the molecule is CN(C)CC(C)(C)n1cnc([N+](=O)[O-])c1. The second-order valence-electron chi connectivity index (χ2n) is 4.45. The number of likely N-dealkylation sites (N-methyl/N-ethyl adjacent to an activating group) is 1. The third-order valence-corrected chi connectivity index (χ3v) is 2.16. The van der Waals surface area contributed by atoms with E-state index in [1.165, 1.54) is 12.5 Å². The van der Waals surface area contributed by atoms with Gasteiger partial charge in [0, 0.05) is 6.54 Å². The lowest BCUT2D eigenvalue weighted by Crippen LogP contribution is -2.36. The predicted octanol–water partition coefficient (Wildman–Crippen LogP) is 1.09. The Kier molecular flexibility index (Phi) is 3.09. The van der Waals surface area contributed by atoms with Crippen molar-refractivity contribution in [3.8, 4) is 0 Å². The van der Waals surface area contributed by atoms with Gasteiger partial charge in [0.15, 0.2) is 0 Å². The average molecular weight is 212 g/mol. The third-order valence-electron chi connectivity index (χ3n) is 2.16. The van der Waals surface area contributed by atoms with Crippen molar-refractivity contribution < 1.29 is 4.92 Å². The summed E-state index contributed by atoms with van der Waals surface area (Å²) in [5.41, 5.74) is -0.204. The van der Waals surface area contributed by atoms with Crippen molar-refractivity contribution in [2.45, 2.75) is 19.4 Å².